The molecule has 1 rings (SSSR count). The van der Waals surface area contributed by atoms with Crippen molar-refractivity contribution in [2.45, 2.75) is 69.2 Å². The molecule has 1 aromatic carbocycles. The van der Waals surface area contributed by atoms with Gasteiger partial charge in [0.2, 0.25) is 0 Å². The minimum atomic E-state index is -0.747. The van der Waals surface area contributed by atoms with Gasteiger partial charge in [0.15, 0.2) is 6.61 Å². The molecule has 0 aliphatic carbocycles. The van der Waals surface area contributed by atoms with Crippen molar-refractivity contribution < 1.29 is 23.9 Å². The molecular formula is C27H43ClN2O5. The summed E-state index contributed by atoms with van der Waals surface area (Å²) in [5.74, 6) is -1.56. The van der Waals surface area contributed by atoms with E-state index in [4.69, 9.17) is 16.3 Å². The molecule has 0 bridgehead atoms. The Kier molecular flexibility index (Phi) is 21.4. The summed E-state index contributed by atoms with van der Waals surface area (Å²) in [4.78, 5) is 49.9. The number of nitrogens with zero attached hydrogens (tertiary/aromatic N) is 1. The van der Waals surface area contributed by atoms with Crippen molar-refractivity contribution in [3.8, 4) is 0 Å². The van der Waals surface area contributed by atoms with E-state index < -0.39 is 23.7 Å². The lowest BCUT2D eigenvalue weighted by molar-refractivity contribution is -0.144. The smallest absolute Gasteiger partial charge is 0.303 e. The Morgan fingerprint density at radius 3 is 1.66 bits per heavy atom. The number of benzene rings is 1. The van der Waals surface area contributed by atoms with Crippen LogP contribution in [0.5, 0.6) is 0 Å². The molecule has 0 saturated heterocycles. The van der Waals surface area contributed by atoms with E-state index in [1.165, 1.54) is 11.8 Å². The number of carbonyl (C=O) groups excluding carboxylic acids is 4. The number of esters is 1. The van der Waals surface area contributed by atoms with E-state index >= 15 is 0 Å². The second-order valence-electron chi connectivity index (χ2n) is 6.39. The Bertz CT molecular complexity index is 869. The van der Waals surface area contributed by atoms with Gasteiger partial charge in [-0.15, -0.1) is 13.2 Å². The minimum Gasteiger partial charge on any atom is -0.456 e. The highest BCUT2D eigenvalue weighted by molar-refractivity contribution is 6.68. The zero-order valence-electron chi connectivity index (χ0n) is 23.1. The Morgan fingerprint density at radius 2 is 1.29 bits per heavy atom. The average molecular weight is 511 g/mol. The highest BCUT2D eigenvalue weighted by Crippen LogP contribution is 2.33. The topological polar surface area (TPSA) is 92.8 Å². The summed E-state index contributed by atoms with van der Waals surface area (Å²) < 4.78 is 4.70. The van der Waals surface area contributed by atoms with Gasteiger partial charge in [-0.25, -0.2) is 0 Å². The number of halogens is 1. The van der Waals surface area contributed by atoms with Crippen LogP contribution in [0.2, 0.25) is 0 Å². The van der Waals surface area contributed by atoms with Gasteiger partial charge in [0.25, 0.3) is 17.1 Å². The molecule has 0 aliphatic heterocycles. The molecule has 1 N–H and O–H groups in total. The van der Waals surface area contributed by atoms with Gasteiger partial charge in [0, 0.05) is 36.8 Å². The van der Waals surface area contributed by atoms with Crippen LogP contribution in [0.4, 0.5) is 5.69 Å². The summed E-state index contributed by atoms with van der Waals surface area (Å²) in [7, 11) is 0. The molecule has 0 radical (unpaired) electrons. The molecule has 0 unspecified atom stereocenters. The first kappa shape index (κ1) is 36.6. The van der Waals surface area contributed by atoms with Gasteiger partial charge in [0.05, 0.1) is 0 Å². The van der Waals surface area contributed by atoms with Crippen LogP contribution < -0.4 is 5.32 Å². The molecule has 35 heavy (non-hydrogen) atoms. The van der Waals surface area contributed by atoms with Crippen LogP contribution in [0, 0.1) is 20.8 Å². The Balaban J connectivity index is -0.00000158. The zero-order chi connectivity index (χ0) is 28.3. The van der Waals surface area contributed by atoms with E-state index in [0.717, 1.165) is 0 Å². The highest BCUT2D eigenvalue weighted by atomic mass is 35.5. The Morgan fingerprint density at radius 1 is 0.857 bits per heavy atom. The molecule has 0 aromatic heterocycles. The number of anilines is 1. The van der Waals surface area contributed by atoms with Crippen LogP contribution in [-0.2, 0) is 14.3 Å². The fourth-order valence-electron chi connectivity index (χ4n) is 3.07. The van der Waals surface area contributed by atoms with Crippen molar-refractivity contribution in [3.63, 3.8) is 0 Å². The molecular weight excluding hydrogens is 468 g/mol. The largest absolute Gasteiger partial charge is 0.456 e. The molecule has 0 atom stereocenters. The fraction of sp³-hybridized carbons (Fsp3) is 0.481. The summed E-state index contributed by atoms with van der Waals surface area (Å²) in [6.07, 6.45) is 3.16. The van der Waals surface area contributed by atoms with Crippen LogP contribution in [-0.4, -0.2) is 47.6 Å². The second kappa shape index (κ2) is 20.4. The predicted octanol–water partition coefficient (Wildman–Crippen LogP) is 6.39. The number of hydrogen-bond donors (Lipinski definition) is 1. The van der Waals surface area contributed by atoms with Crippen molar-refractivity contribution >= 4 is 40.3 Å². The normalized spacial score (nSPS) is 8.89. The number of carbonyl (C=O) groups is 4. The molecule has 8 heteroatoms. The third-order valence-corrected chi connectivity index (χ3v) is 4.51. The molecule has 0 spiro atoms. The maximum absolute atomic E-state index is 13.2. The maximum atomic E-state index is 13.2. The Labute approximate surface area is 216 Å². The SMILES string of the molecule is C=CCN(CC=C)C(=O)c1c(C)c(NC(=O)COC(C)=O)c(C)c(C(=O)Cl)c1C.CC.CC.CC. The lowest BCUT2D eigenvalue weighted by atomic mass is 9.90. The van der Waals surface area contributed by atoms with Crippen LogP contribution in [0.25, 0.3) is 0 Å². The van der Waals surface area contributed by atoms with E-state index in [2.05, 4.69) is 18.5 Å². The number of nitrogens with one attached hydrogen (secondary N) is 1. The summed E-state index contributed by atoms with van der Waals surface area (Å²) >= 11 is 5.78. The van der Waals surface area contributed by atoms with E-state index in [-0.39, 0.29) is 35.8 Å². The van der Waals surface area contributed by atoms with Crippen molar-refractivity contribution in [2.24, 2.45) is 0 Å². The van der Waals surface area contributed by atoms with E-state index in [1.54, 1.807) is 32.9 Å². The molecule has 0 saturated carbocycles. The minimum absolute atomic E-state index is 0.139. The van der Waals surface area contributed by atoms with Crippen molar-refractivity contribution in [3.05, 3.63) is 53.1 Å². The third-order valence-electron chi connectivity index (χ3n) is 4.32. The van der Waals surface area contributed by atoms with Gasteiger partial charge in [0.1, 0.15) is 0 Å². The predicted molar refractivity (Wildman–Crippen MR) is 146 cm³/mol. The van der Waals surface area contributed by atoms with Crippen LogP contribution in [0.15, 0.2) is 25.3 Å². The zero-order valence-corrected chi connectivity index (χ0v) is 23.8. The fourth-order valence-corrected chi connectivity index (χ4v) is 3.36. The number of hydrogen-bond acceptors (Lipinski definition) is 5. The standard InChI is InChI=1S/C21H25ClN2O5.3C2H6/c1-7-9-24(10-8-2)21(28)18-12(3)17(20(22)27)13(4)19(14(18)5)23-16(26)11-29-15(6)25;3*1-2/h7-8H,1-2,9-11H2,3-6H3,(H,23,26);3*1-2H3. The number of rotatable bonds is 9. The lowest BCUT2D eigenvalue weighted by Gasteiger charge is -2.25. The first-order valence-electron chi connectivity index (χ1n) is 11.8. The molecule has 0 fully saturated rings. The monoisotopic (exact) mass is 510 g/mol. The van der Waals surface area contributed by atoms with Crippen molar-refractivity contribution in [2.75, 3.05) is 25.0 Å². The molecule has 7 nitrogen and oxygen atoms in total. The number of ether oxygens (including phenoxy) is 1. The van der Waals surface area contributed by atoms with Gasteiger partial charge in [-0.2, -0.15) is 0 Å². The highest BCUT2D eigenvalue weighted by Gasteiger charge is 2.27. The summed E-state index contributed by atoms with van der Waals surface area (Å²) in [6, 6.07) is 0. The quantitative estimate of drug-likeness (QED) is 0.236. The van der Waals surface area contributed by atoms with Crippen LogP contribution >= 0.6 is 11.6 Å². The second-order valence-corrected chi connectivity index (χ2v) is 6.73. The lowest BCUT2D eigenvalue weighted by Crippen LogP contribution is -2.33. The summed E-state index contributed by atoms with van der Waals surface area (Å²) in [5.41, 5.74) is 1.98. The van der Waals surface area contributed by atoms with Crippen molar-refractivity contribution in [1.29, 1.82) is 0 Å². The summed E-state index contributed by atoms with van der Waals surface area (Å²) in [6.45, 7) is 25.5. The van der Waals surface area contributed by atoms with Gasteiger partial charge in [-0.3, -0.25) is 19.2 Å². The first-order chi connectivity index (χ1) is 16.6. The Hall–Kier alpha value is -2.93. The number of amides is 2. The van der Waals surface area contributed by atoms with E-state index in [0.29, 0.717) is 16.7 Å². The van der Waals surface area contributed by atoms with E-state index in [9.17, 15) is 19.2 Å². The van der Waals surface area contributed by atoms with Gasteiger partial charge < -0.3 is 15.0 Å². The van der Waals surface area contributed by atoms with Crippen molar-refractivity contribution in [1.82, 2.24) is 4.90 Å². The first-order valence-corrected chi connectivity index (χ1v) is 12.2. The molecule has 0 aliphatic rings. The van der Waals surface area contributed by atoms with Gasteiger partial charge in [-0.05, 0) is 49.1 Å². The van der Waals surface area contributed by atoms with Gasteiger partial charge >= 0.3 is 5.97 Å². The maximum Gasteiger partial charge on any atom is 0.303 e. The van der Waals surface area contributed by atoms with E-state index in [1.807, 2.05) is 41.5 Å². The van der Waals surface area contributed by atoms with Gasteiger partial charge in [-0.1, -0.05) is 53.7 Å². The molecule has 0 heterocycles. The molecule has 1 aromatic rings. The van der Waals surface area contributed by atoms with Crippen LogP contribution in [0.1, 0.15) is 85.9 Å². The molecule has 2 amide bonds. The molecule has 198 valence electrons. The summed E-state index contributed by atoms with van der Waals surface area (Å²) in [5, 5.41) is 1.87. The average Bonchev–Trinajstić information content (AvgIpc) is 2.83. The van der Waals surface area contributed by atoms with Crippen LogP contribution in [0.3, 0.4) is 0 Å². The third kappa shape index (κ3) is 11.4.